The van der Waals surface area contributed by atoms with Gasteiger partial charge in [-0.3, -0.25) is 19.3 Å². The molecule has 2 N–H and O–H groups in total. The lowest BCUT2D eigenvalue weighted by Crippen LogP contribution is -2.45. The Morgan fingerprint density at radius 1 is 1.10 bits per heavy atom. The van der Waals surface area contributed by atoms with Gasteiger partial charge in [-0.25, -0.2) is 0 Å². The van der Waals surface area contributed by atoms with Gasteiger partial charge in [0, 0.05) is 40.0 Å². The van der Waals surface area contributed by atoms with Crippen LogP contribution in [0.5, 0.6) is 0 Å². The number of hydrogen-bond donors (Lipinski definition) is 2. The van der Waals surface area contributed by atoms with Gasteiger partial charge in [0.1, 0.15) is 0 Å². The number of nitrogens with one attached hydrogen (secondary N) is 2. The molecule has 21 heavy (non-hydrogen) atoms. The molecule has 1 saturated heterocycles. The first-order chi connectivity index (χ1) is 9.90. The summed E-state index contributed by atoms with van der Waals surface area (Å²) >= 11 is 0. The molecule has 0 bridgehead atoms. The summed E-state index contributed by atoms with van der Waals surface area (Å²) in [7, 11) is 3.55. The predicted molar refractivity (Wildman–Crippen MR) is 79.6 cm³/mol. The monoisotopic (exact) mass is 298 g/mol. The molecule has 0 aliphatic carbocycles. The van der Waals surface area contributed by atoms with Gasteiger partial charge in [0.2, 0.25) is 17.7 Å². The summed E-state index contributed by atoms with van der Waals surface area (Å²) < 4.78 is 0. The van der Waals surface area contributed by atoms with Crippen LogP contribution in [0.1, 0.15) is 19.8 Å². The number of piperidine rings is 1. The molecule has 120 valence electrons. The van der Waals surface area contributed by atoms with Gasteiger partial charge in [0.15, 0.2) is 0 Å². The van der Waals surface area contributed by atoms with Crippen molar-refractivity contribution >= 4 is 17.7 Å². The fourth-order valence-corrected chi connectivity index (χ4v) is 2.40. The van der Waals surface area contributed by atoms with Crippen molar-refractivity contribution in [2.75, 3.05) is 46.8 Å². The second kappa shape index (κ2) is 8.61. The Labute approximate surface area is 126 Å². The van der Waals surface area contributed by atoms with E-state index in [0.717, 1.165) is 25.9 Å². The Morgan fingerprint density at radius 2 is 1.67 bits per heavy atom. The quantitative estimate of drug-likeness (QED) is 0.619. The van der Waals surface area contributed by atoms with Gasteiger partial charge >= 0.3 is 0 Å². The van der Waals surface area contributed by atoms with E-state index in [0.29, 0.717) is 19.6 Å². The minimum Gasteiger partial charge on any atom is -0.355 e. The Kier molecular flexibility index (Phi) is 7.14. The average molecular weight is 298 g/mol. The van der Waals surface area contributed by atoms with Crippen molar-refractivity contribution < 1.29 is 14.4 Å². The minimum absolute atomic E-state index is 0.0438. The number of hydrogen-bond acceptors (Lipinski definition) is 4. The number of likely N-dealkylation sites (tertiary alicyclic amines) is 1. The molecule has 1 fully saturated rings. The zero-order chi connectivity index (χ0) is 15.8. The lowest BCUT2D eigenvalue weighted by molar-refractivity contribution is -0.134. The van der Waals surface area contributed by atoms with Crippen LogP contribution in [0, 0.1) is 5.92 Å². The molecule has 1 heterocycles. The second-order valence-corrected chi connectivity index (χ2v) is 5.62. The number of nitrogens with zero attached hydrogens (tertiary/aromatic N) is 2. The van der Waals surface area contributed by atoms with E-state index >= 15 is 0 Å². The maximum Gasteiger partial charge on any atom is 0.234 e. The van der Waals surface area contributed by atoms with E-state index < -0.39 is 0 Å². The lowest BCUT2D eigenvalue weighted by atomic mass is 9.95. The van der Waals surface area contributed by atoms with E-state index in [2.05, 4.69) is 15.5 Å². The second-order valence-electron chi connectivity index (χ2n) is 5.62. The first-order valence-corrected chi connectivity index (χ1v) is 7.34. The summed E-state index contributed by atoms with van der Waals surface area (Å²) in [6.45, 7) is 4.21. The number of amides is 3. The van der Waals surface area contributed by atoms with E-state index in [-0.39, 0.29) is 23.6 Å². The van der Waals surface area contributed by atoms with Crippen LogP contribution in [-0.2, 0) is 14.4 Å². The Bertz CT molecular complexity index is 376. The molecule has 0 spiro atoms. The van der Waals surface area contributed by atoms with Gasteiger partial charge in [-0.15, -0.1) is 0 Å². The molecule has 0 aromatic rings. The topological polar surface area (TPSA) is 81.8 Å². The summed E-state index contributed by atoms with van der Waals surface area (Å²) in [5, 5.41) is 5.39. The predicted octanol–water partition coefficient (Wildman–Crippen LogP) is -0.961. The van der Waals surface area contributed by atoms with Crippen molar-refractivity contribution in [1.29, 1.82) is 0 Å². The zero-order valence-corrected chi connectivity index (χ0v) is 13.1. The van der Waals surface area contributed by atoms with Crippen LogP contribution < -0.4 is 10.6 Å². The molecule has 3 amide bonds. The molecule has 1 rings (SSSR count). The summed E-state index contributed by atoms with van der Waals surface area (Å²) in [5.41, 5.74) is 0. The smallest absolute Gasteiger partial charge is 0.234 e. The molecule has 0 aromatic carbocycles. The Morgan fingerprint density at radius 3 is 2.19 bits per heavy atom. The maximum atomic E-state index is 11.8. The van der Waals surface area contributed by atoms with Crippen LogP contribution in [0.2, 0.25) is 0 Å². The summed E-state index contributed by atoms with van der Waals surface area (Å²) in [6.07, 6.45) is 1.60. The first-order valence-electron chi connectivity index (χ1n) is 7.34. The van der Waals surface area contributed by atoms with Crippen molar-refractivity contribution in [2.45, 2.75) is 19.8 Å². The van der Waals surface area contributed by atoms with Gasteiger partial charge in [-0.1, -0.05) is 0 Å². The minimum atomic E-state index is -0.100. The van der Waals surface area contributed by atoms with E-state index in [1.54, 1.807) is 19.0 Å². The van der Waals surface area contributed by atoms with Crippen molar-refractivity contribution in [3.63, 3.8) is 0 Å². The van der Waals surface area contributed by atoms with E-state index in [1.807, 2.05) is 0 Å². The molecule has 0 aromatic heterocycles. The third kappa shape index (κ3) is 6.57. The zero-order valence-electron chi connectivity index (χ0n) is 13.1. The van der Waals surface area contributed by atoms with Crippen LogP contribution in [0.25, 0.3) is 0 Å². The van der Waals surface area contributed by atoms with Gasteiger partial charge in [-0.2, -0.15) is 0 Å². The third-order valence-corrected chi connectivity index (χ3v) is 3.57. The normalized spacial score (nSPS) is 16.3. The molecule has 1 aliphatic heterocycles. The highest BCUT2D eigenvalue weighted by atomic mass is 16.2. The highest BCUT2D eigenvalue weighted by Gasteiger charge is 2.26. The van der Waals surface area contributed by atoms with Crippen molar-refractivity contribution in [3.05, 3.63) is 0 Å². The van der Waals surface area contributed by atoms with E-state index in [4.69, 9.17) is 0 Å². The van der Waals surface area contributed by atoms with Crippen LogP contribution in [0.15, 0.2) is 0 Å². The summed E-state index contributed by atoms with van der Waals surface area (Å²) in [5.74, 6) is 0.114. The molecule has 0 unspecified atom stereocenters. The van der Waals surface area contributed by atoms with Gasteiger partial charge in [-0.05, 0) is 25.9 Å². The summed E-state index contributed by atoms with van der Waals surface area (Å²) in [4.78, 5) is 38.0. The lowest BCUT2D eigenvalue weighted by Gasteiger charge is -2.31. The maximum absolute atomic E-state index is 11.8. The van der Waals surface area contributed by atoms with Crippen LogP contribution >= 0.6 is 0 Å². The van der Waals surface area contributed by atoms with Crippen molar-refractivity contribution in [1.82, 2.24) is 20.4 Å². The molecular formula is C14H26N4O3. The first kappa shape index (κ1) is 17.4. The molecule has 0 atom stereocenters. The molecule has 0 radical (unpaired) electrons. The molecule has 0 saturated carbocycles. The van der Waals surface area contributed by atoms with E-state index in [9.17, 15) is 14.4 Å². The SMILES string of the molecule is CC(=O)NCCNC(=O)CN1CCC(C(=O)N(C)C)CC1. The van der Waals surface area contributed by atoms with Gasteiger partial charge < -0.3 is 15.5 Å². The molecule has 7 heteroatoms. The fraction of sp³-hybridized carbons (Fsp3) is 0.786. The third-order valence-electron chi connectivity index (χ3n) is 3.57. The highest BCUT2D eigenvalue weighted by Crippen LogP contribution is 2.18. The van der Waals surface area contributed by atoms with Crippen LogP contribution in [0.3, 0.4) is 0 Å². The van der Waals surface area contributed by atoms with Crippen LogP contribution in [0.4, 0.5) is 0 Å². The molecular weight excluding hydrogens is 272 g/mol. The average Bonchev–Trinajstić information content (AvgIpc) is 2.43. The fourth-order valence-electron chi connectivity index (χ4n) is 2.40. The van der Waals surface area contributed by atoms with Crippen molar-refractivity contribution in [3.8, 4) is 0 Å². The van der Waals surface area contributed by atoms with Crippen LogP contribution in [-0.4, -0.2) is 74.3 Å². The number of carbonyl (C=O) groups is 3. The summed E-state index contributed by atoms with van der Waals surface area (Å²) in [6, 6.07) is 0. The largest absolute Gasteiger partial charge is 0.355 e. The standard InChI is InChI=1S/C14H26N4O3/c1-11(19)15-6-7-16-13(20)10-18-8-4-12(5-9-18)14(21)17(2)3/h12H,4-10H2,1-3H3,(H,15,19)(H,16,20). The van der Waals surface area contributed by atoms with Gasteiger partial charge in [0.05, 0.1) is 6.54 Å². The molecule has 7 nitrogen and oxygen atoms in total. The number of rotatable bonds is 6. The Hall–Kier alpha value is -1.63. The van der Waals surface area contributed by atoms with Gasteiger partial charge in [0.25, 0.3) is 0 Å². The molecule has 1 aliphatic rings. The number of carbonyl (C=O) groups excluding carboxylic acids is 3. The van der Waals surface area contributed by atoms with E-state index in [1.165, 1.54) is 6.92 Å². The Balaban J connectivity index is 2.18. The van der Waals surface area contributed by atoms with Crippen molar-refractivity contribution in [2.24, 2.45) is 5.92 Å². The highest BCUT2D eigenvalue weighted by molar-refractivity contribution is 5.79.